The molecule has 0 saturated heterocycles. The second kappa shape index (κ2) is 5.25. The van der Waals surface area contributed by atoms with Gasteiger partial charge in [0.2, 0.25) is 11.2 Å². The molecule has 1 heterocycles. The summed E-state index contributed by atoms with van der Waals surface area (Å²) in [4.78, 5) is 12.0. The summed E-state index contributed by atoms with van der Waals surface area (Å²) in [6, 6.07) is 17.8. The van der Waals surface area contributed by atoms with Crippen LogP contribution in [0.4, 0.5) is 0 Å². The normalized spacial score (nSPS) is 10.5. The number of fused-ring (bicyclic) bond motifs is 1. The molecule has 0 radical (unpaired) electrons. The van der Waals surface area contributed by atoms with E-state index in [0.29, 0.717) is 22.2 Å². The number of carbonyl (C=O) groups excluding carboxylic acids is 1. The number of esters is 1. The van der Waals surface area contributed by atoms with Crippen LogP contribution in [0.5, 0.6) is 0 Å². The Kier molecular flexibility index (Phi) is 3.28. The number of hydrogen-bond donors (Lipinski definition) is 0. The van der Waals surface area contributed by atoms with Crippen LogP contribution in [0.25, 0.3) is 22.2 Å². The average molecular weight is 279 g/mol. The monoisotopic (exact) mass is 279 g/mol. The van der Waals surface area contributed by atoms with Crippen molar-refractivity contribution >= 4 is 16.9 Å². The molecule has 3 rings (SSSR count). The van der Waals surface area contributed by atoms with Crippen LogP contribution in [-0.4, -0.2) is 13.1 Å². The van der Waals surface area contributed by atoms with Gasteiger partial charge in [-0.15, -0.1) is 0 Å². The van der Waals surface area contributed by atoms with Gasteiger partial charge >= 0.3 is 5.97 Å². The van der Waals surface area contributed by atoms with Crippen LogP contribution in [0, 0.1) is 5.21 Å². The summed E-state index contributed by atoms with van der Waals surface area (Å²) in [6.07, 6.45) is 0. The summed E-state index contributed by atoms with van der Waals surface area (Å²) in [5, 5.41) is 13.1. The van der Waals surface area contributed by atoms with E-state index >= 15 is 0 Å². The molecule has 0 aliphatic rings. The lowest BCUT2D eigenvalue weighted by molar-refractivity contribution is -0.565. The Labute approximate surface area is 121 Å². The van der Waals surface area contributed by atoms with E-state index in [4.69, 9.17) is 4.74 Å². The third-order valence-corrected chi connectivity index (χ3v) is 3.39. The van der Waals surface area contributed by atoms with Crippen molar-refractivity contribution in [1.82, 2.24) is 0 Å². The Morgan fingerprint density at radius 2 is 1.71 bits per heavy atom. The highest BCUT2D eigenvalue weighted by Gasteiger charge is 2.20. The number of ether oxygens (including phenoxy) is 1. The molecule has 0 N–H and O–H groups in total. The predicted octanol–water partition coefficient (Wildman–Crippen LogP) is 2.93. The number of para-hydroxylation sites is 1. The van der Waals surface area contributed by atoms with Crippen molar-refractivity contribution in [3.05, 3.63) is 71.4 Å². The van der Waals surface area contributed by atoms with Crippen LogP contribution in [0.1, 0.15) is 10.4 Å². The Morgan fingerprint density at radius 3 is 2.43 bits per heavy atom. The van der Waals surface area contributed by atoms with E-state index in [1.54, 1.807) is 30.3 Å². The van der Waals surface area contributed by atoms with Gasteiger partial charge in [-0.1, -0.05) is 30.3 Å². The minimum absolute atomic E-state index is 0.388. The van der Waals surface area contributed by atoms with Crippen LogP contribution >= 0.6 is 0 Å². The Bertz CT molecular complexity index is 813. The van der Waals surface area contributed by atoms with Gasteiger partial charge in [-0.3, -0.25) is 0 Å². The summed E-state index contributed by atoms with van der Waals surface area (Å²) in [5.41, 5.74) is 2.01. The van der Waals surface area contributed by atoms with Crippen molar-refractivity contribution in [3.8, 4) is 11.3 Å². The number of nitrogens with zero attached hydrogens (tertiary/aromatic N) is 1. The average Bonchev–Trinajstić information content (AvgIpc) is 2.55. The van der Waals surface area contributed by atoms with E-state index in [1.807, 2.05) is 30.3 Å². The van der Waals surface area contributed by atoms with Crippen molar-refractivity contribution in [3.63, 3.8) is 0 Å². The van der Waals surface area contributed by atoms with Gasteiger partial charge in [-0.25, -0.2) is 4.79 Å². The molecule has 1 aromatic heterocycles. The lowest BCUT2D eigenvalue weighted by Crippen LogP contribution is -2.31. The number of benzene rings is 2. The molecular formula is C17H13NO3. The summed E-state index contributed by atoms with van der Waals surface area (Å²) in [5.74, 6) is -0.455. The van der Waals surface area contributed by atoms with E-state index in [1.165, 1.54) is 7.11 Å². The number of rotatable bonds is 2. The zero-order valence-corrected chi connectivity index (χ0v) is 11.4. The molecule has 0 aliphatic heterocycles. The molecule has 2 aromatic carbocycles. The molecule has 104 valence electrons. The maximum atomic E-state index is 12.6. The fourth-order valence-electron chi connectivity index (χ4n) is 2.37. The molecule has 0 saturated carbocycles. The zero-order chi connectivity index (χ0) is 14.8. The van der Waals surface area contributed by atoms with E-state index in [9.17, 15) is 10.0 Å². The van der Waals surface area contributed by atoms with E-state index in [2.05, 4.69) is 0 Å². The largest absolute Gasteiger partial charge is 0.618 e. The van der Waals surface area contributed by atoms with Crippen molar-refractivity contribution in [2.24, 2.45) is 0 Å². The number of hydrogen-bond acceptors (Lipinski definition) is 3. The minimum atomic E-state index is -0.455. The fraction of sp³-hybridized carbons (Fsp3) is 0.0588. The first-order valence-electron chi connectivity index (χ1n) is 6.51. The van der Waals surface area contributed by atoms with Gasteiger partial charge in [0.15, 0.2) is 0 Å². The molecule has 0 unspecified atom stereocenters. The third-order valence-electron chi connectivity index (χ3n) is 3.39. The molecule has 4 heteroatoms. The number of methoxy groups -OCH3 is 1. The highest BCUT2D eigenvalue weighted by molar-refractivity contribution is 6.03. The molecule has 0 atom stereocenters. The van der Waals surface area contributed by atoms with Crippen molar-refractivity contribution in [2.45, 2.75) is 0 Å². The fourth-order valence-corrected chi connectivity index (χ4v) is 2.37. The van der Waals surface area contributed by atoms with Gasteiger partial charge in [-0.2, -0.15) is 4.73 Å². The van der Waals surface area contributed by atoms with Crippen LogP contribution in [0.2, 0.25) is 0 Å². The third kappa shape index (κ3) is 2.21. The van der Waals surface area contributed by atoms with Gasteiger partial charge in [-0.05, 0) is 18.2 Å². The second-order valence-corrected chi connectivity index (χ2v) is 4.61. The van der Waals surface area contributed by atoms with E-state index in [-0.39, 0.29) is 0 Å². The number of carbonyl (C=O) groups is 1. The first-order chi connectivity index (χ1) is 10.2. The van der Waals surface area contributed by atoms with Crippen LogP contribution in [0.3, 0.4) is 0 Å². The lowest BCUT2D eigenvalue weighted by atomic mass is 10.0. The molecule has 0 fully saturated rings. The van der Waals surface area contributed by atoms with Crippen molar-refractivity contribution in [1.29, 1.82) is 0 Å². The topological polar surface area (TPSA) is 53.2 Å². The molecule has 0 aliphatic carbocycles. The number of pyridine rings is 1. The van der Waals surface area contributed by atoms with Gasteiger partial charge < -0.3 is 9.94 Å². The van der Waals surface area contributed by atoms with Gasteiger partial charge in [0, 0.05) is 17.7 Å². The van der Waals surface area contributed by atoms with Crippen LogP contribution < -0.4 is 4.73 Å². The highest BCUT2D eigenvalue weighted by atomic mass is 16.5. The quantitative estimate of drug-likeness (QED) is 0.412. The Balaban J connectivity index is 2.37. The summed E-state index contributed by atoms with van der Waals surface area (Å²) >= 11 is 0. The van der Waals surface area contributed by atoms with E-state index < -0.39 is 5.97 Å². The number of aromatic nitrogens is 1. The molecular weight excluding hydrogens is 266 g/mol. The van der Waals surface area contributed by atoms with Crippen LogP contribution in [-0.2, 0) is 4.74 Å². The summed E-state index contributed by atoms with van der Waals surface area (Å²) < 4.78 is 5.67. The minimum Gasteiger partial charge on any atom is -0.618 e. The second-order valence-electron chi connectivity index (χ2n) is 4.61. The van der Waals surface area contributed by atoms with Crippen molar-refractivity contribution < 1.29 is 14.3 Å². The Morgan fingerprint density at radius 1 is 1.05 bits per heavy atom. The summed E-state index contributed by atoms with van der Waals surface area (Å²) in [6.45, 7) is 0. The highest BCUT2D eigenvalue weighted by Crippen LogP contribution is 2.23. The predicted molar refractivity (Wildman–Crippen MR) is 79.7 cm³/mol. The maximum absolute atomic E-state index is 12.6. The SMILES string of the molecule is COC(=O)c1cc(-c2ccccc2)[n+]([O-])c2ccccc12. The van der Waals surface area contributed by atoms with Crippen molar-refractivity contribution in [2.75, 3.05) is 7.11 Å². The van der Waals surface area contributed by atoms with Gasteiger partial charge in [0.25, 0.3) is 0 Å². The molecule has 0 bridgehead atoms. The molecule has 3 aromatic rings. The lowest BCUT2D eigenvalue weighted by Gasteiger charge is -2.10. The molecule has 4 nitrogen and oxygen atoms in total. The van der Waals surface area contributed by atoms with Crippen LogP contribution in [0.15, 0.2) is 60.7 Å². The van der Waals surface area contributed by atoms with Gasteiger partial charge in [0.05, 0.1) is 18.1 Å². The molecule has 0 spiro atoms. The maximum Gasteiger partial charge on any atom is 0.338 e. The standard InChI is InChI=1S/C17H13NO3/c1-21-17(19)14-11-16(12-7-3-2-4-8-12)18(20)15-10-6-5-9-13(14)15/h2-11H,1H3. The van der Waals surface area contributed by atoms with Gasteiger partial charge in [0.1, 0.15) is 0 Å². The first kappa shape index (κ1) is 13.1. The zero-order valence-electron chi connectivity index (χ0n) is 11.4. The van der Waals surface area contributed by atoms with E-state index in [0.717, 1.165) is 10.3 Å². The Hall–Kier alpha value is -2.88. The summed E-state index contributed by atoms with van der Waals surface area (Å²) in [7, 11) is 1.33. The molecule has 0 amide bonds. The smallest absolute Gasteiger partial charge is 0.338 e. The molecule has 21 heavy (non-hydrogen) atoms. The first-order valence-corrected chi connectivity index (χ1v) is 6.51.